The van der Waals surface area contributed by atoms with Crippen molar-refractivity contribution in [1.82, 2.24) is 5.32 Å². The predicted molar refractivity (Wildman–Crippen MR) is 59.2 cm³/mol. The molecule has 0 radical (unpaired) electrons. The molecule has 0 saturated heterocycles. The number of amides is 1. The number of aliphatic hydroxyl groups is 1. The van der Waals surface area contributed by atoms with Gasteiger partial charge >= 0.3 is 0 Å². The lowest BCUT2D eigenvalue weighted by Gasteiger charge is -2.31. The first-order chi connectivity index (χ1) is 7.13. The van der Waals surface area contributed by atoms with E-state index in [9.17, 15) is 4.79 Å². The fraction of sp³-hybridized carbons (Fsp3) is 0.909. The van der Waals surface area contributed by atoms with Crippen LogP contribution in [0.25, 0.3) is 0 Å². The fourth-order valence-electron chi connectivity index (χ4n) is 1.80. The van der Waals surface area contributed by atoms with Gasteiger partial charge in [0.2, 0.25) is 5.91 Å². The SMILES string of the molecule is CCCCC(N)C(=O)NCC1CC(O)C1. The van der Waals surface area contributed by atoms with Crippen LogP contribution in [-0.4, -0.2) is 29.7 Å². The van der Waals surface area contributed by atoms with E-state index >= 15 is 0 Å². The van der Waals surface area contributed by atoms with Crippen LogP contribution < -0.4 is 11.1 Å². The van der Waals surface area contributed by atoms with E-state index < -0.39 is 0 Å². The van der Waals surface area contributed by atoms with E-state index in [0.717, 1.165) is 32.1 Å². The first-order valence-corrected chi connectivity index (χ1v) is 5.84. The standard InChI is InChI=1S/C11H22N2O2/c1-2-3-4-10(12)11(15)13-7-8-5-9(14)6-8/h8-10,14H,2-7,12H2,1H3,(H,13,15). The molecule has 4 heteroatoms. The number of unbranched alkanes of at least 4 members (excludes halogenated alkanes) is 1. The van der Waals surface area contributed by atoms with Gasteiger partial charge in [0.25, 0.3) is 0 Å². The Bertz CT molecular complexity index is 203. The van der Waals surface area contributed by atoms with Gasteiger partial charge in [0.15, 0.2) is 0 Å². The number of nitrogens with two attached hydrogens (primary N) is 1. The predicted octanol–water partition coefficient (Wildman–Crippen LogP) is 0.391. The molecule has 0 spiro atoms. The summed E-state index contributed by atoms with van der Waals surface area (Å²) in [4.78, 5) is 11.5. The van der Waals surface area contributed by atoms with Crippen molar-refractivity contribution in [3.8, 4) is 0 Å². The number of carbonyl (C=O) groups is 1. The van der Waals surface area contributed by atoms with Crippen LogP contribution in [0.5, 0.6) is 0 Å². The fourth-order valence-corrected chi connectivity index (χ4v) is 1.80. The van der Waals surface area contributed by atoms with Crippen LogP contribution in [0.15, 0.2) is 0 Å². The maximum absolute atomic E-state index is 11.5. The molecular formula is C11H22N2O2. The topological polar surface area (TPSA) is 75.4 Å². The molecule has 1 atom stereocenters. The zero-order valence-corrected chi connectivity index (χ0v) is 9.41. The summed E-state index contributed by atoms with van der Waals surface area (Å²) >= 11 is 0. The summed E-state index contributed by atoms with van der Waals surface area (Å²) in [6.45, 7) is 2.75. The highest BCUT2D eigenvalue weighted by Crippen LogP contribution is 2.26. The molecule has 4 N–H and O–H groups in total. The molecule has 1 saturated carbocycles. The molecule has 1 rings (SSSR count). The molecule has 88 valence electrons. The van der Waals surface area contributed by atoms with Gasteiger partial charge in [-0.15, -0.1) is 0 Å². The Morgan fingerprint density at radius 1 is 1.60 bits per heavy atom. The molecule has 1 unspecified atom stereocenters. The Morgan fingerprint density at radius 2 is 2.27 bits per heavy atom. The van der Waals surface area contributed by atoms with Crippen molar-refractivity contribution in [2.45, 2.75) is 51.2 Å². The van der Waals surface area contributed by atoms with Crippen LogP contribution in [0.2, 0.25) is 0 Å². The van der Waals surface area contributed by atoms with Gasteiger partial charge < -0.3 is 16.2 Å². The Balaban J connectivity index is 2.07. The Hall–Kier alpha value is -0.610. The van der Waals surface area contributed by atoms with Gasteiger partial charge in [-0.3, -0.25) is 4.79 Å². The van der Waals surface area contributed by atoms with Gasteiger partial charge in [-0.1, -0.05) is 19.8 Å². The quantitative estimate of drug-likeness (QED) is 0.599. The summed E-state index contributed by atoms with van der Waals surface area (Å²) in [7, 11) is 0. The highest BCUT2D eigenvalue weighted by atomic mass is 16.3. The van der Waals surface area contributed by atoms with E-state index in [4.69, 9.17) is 10.8 Å². The molecule has 1 aliphatic carbocycles. The summed E-state index contributed by atoms with van der Waals surface area (Å²) in [6, 6.07) is -0.366. The number of nitrogens with one attached hydrogen (secondary N) is 1. The van der Waals surface area contributed by atoms with Crippen LogP contribution in [0, 0.1) is 5.92 Å². The normalized spacial score (nSPS) is 26.9. The number of hydrogen-bond acceptors (Lipinski definition) is 3. The molecular weight excluding hydrogens is 192 g/mol. The van der Waals surface area contributed by atoms with Crippen LogP contribution in [-0.2, 0) is 4.79 Å². The third-order valence-corrected chi connectivity index (χ3v) is 2.98. The second kappa shape index (κ2) is 6.08. The Morgan fingerprint density at radius 3 is 2.80 bits per heavy atom. The van der Waals surface area contributed by atoms with Crippen molar-refractivity contribution >= 4 is 5.91 Å². The van der Waals surface area contributed by atoms with E-state index in [1.54, 1.807) is 0 Å². The molecule has 15 heavy (non-hydrogen) atoms. The molecule has 0 heterocycles. The van der Waals surface area contributed by atoms with Crippen molar-refractivity contribution < 1.29 is 9.90 Å². The van der Waals surface area contributed by atoms with E-state index in [2.05, 4.69) is 12.2 Å². The highest BCUT2D eigenvalue weighted by Gasteiger charge is 2.27. The third kappa shape index (κ3) is 4.18. The molecule has 0 aromatic heterocycles. The summed E-state index contributed by atoms with van der Waals surface area (Å²) in [6.07, 6.45) is 4.29. The maximum Gasteiger partial charge on any atom is 0.236 e. The van der Waals surface area contributed by atoms with Gasteiger partial charge in [0, 0.05) is 6.54 Å². The van der Waals surface area contributed by atoms with Gasteiger partial charge in [0.05, 0.1) is 12.1 Å². The second-order valence-corrected chi connectivity index (χ2v) is 4.49. The highest BCUT2D eigenvalue weighted by molar-refractivity contribution is 5.81. The van der Waals surface area contributed by atoms with Crippen LogP contribution in [0.1, 0.15) is 39.0 Å². The summed E-state index contributed by atoms with van der Waals surface area (Å²) in [5.74, 6) is 0.396. The monoisotopic (exact) mass is 214 g/mol. The van der Waals surface area contributed by atoms with Gasteiger partial charge in [-0.05, 0) is 25.2 Å². The molecule has 0 bridgehead atoms. The third-order valence-electron chi connectivity index (χ3n) is 2.98. The van der Waals surface area contributed by atoms with Crippen molar-refractivity contribution in [2.24, 2.45) is 11.7 Å². The molecule has 1 aliphatic rings. The average Bonchev–Trinajstić information content (AvgIpc) is 2.18. The van der Waals surface area contributed by atoms with Crippen LogP contribution >= 0.6 is 0 Å². The second-order valence-electron chi connectivity index (χ2n) is 4.49. The number of aliphatic hydroxyl groups excluding tert-OH is 1. The van der Waals surface area contributed by atoms with Gasteiger partial charge in [0.1, 0.15) is 0 Å². The molecule has 1 fully saturated rings. The van der Waals surface area contributed by atoms with Gasteiger partial charge in [-0.2, -0.15) is 0 Å². The minimum absolute atomic E-state index is 0.0511. The first-order valence-electron chi connectivity index (χ1n) is 5.84. The van der Waals surface area contributed by atoms with Gasteiger partial charge in [-0.25, -0.2) is 0 Å². The Kier molecular flexibility index (Phi) is 5.05. The summed E-state index contributed by atoms with van der Waals surface area (Å²) in [5, 5.41) is 11.9. The molecule has 1 amide bonds. The van der Waals surface area contributed by atoms with E-state index in [-0.39, 0.29) is 18.1 Å². The minimum Gasteiger partial charge on any atom is -0.393 e. The van der Waals surface area contributed by atoms with Crippen molar-refractivity contribution in [2.75, 3.05) is 6.54 Å². The number of rotatable bonds is 6. The summed E-state index contributed by atoms with van der Waals surface area (Å²) < 4.78 is 0. The van der Waals surface area contributed by atoms with E-state index in [1.165, 1.54) is 0 Å². The molecule has 0 aromatic carbocycles. The first kappa shape index (κ1) is 12.5. The zero-order valence-electron chi connectivity index (χ0n) is 9.41. The largest absolute Gasteiger partial charge is 0.393 e. The van der Waals surface area contributed by atoms with Crippen molar-refractivity contribution in [3.05, 3.63) is 0 Å². The lowest BCUT2D eigenvalue weighted by Crippen LogP contribution is -2.45. The molecule has 0 aliphatic heterocycles. The van der Waals surface area contributed by atoms with Crippen molar-refractivity contribution in [1.29, 1.82) is 0 Å². The minimum atomic E-state index is -0.366. The Labute approximate surface area is 91.2 Å². The number of hydrogen-bond donors (Lipinski definition) is 3. The molecule has 4 nitrogen and oxygen atoms in total. The zero-order chi connectivity index (χ0) is 11.3. The van der Waals surface area contributed by atoms with Crippen LogP contribution in [0.3, 0.4) is 0 Å². The smallest absolute Gasteiger partial charge is 0.236 e. The average molecular weight is 214 g/mol. The summed E-state index contributed by atoms with van der Waals surface area (Å²) in [5.41, 5.74) is 5.71. The van der Waals surface area contributed by atoms with E-state index in [0.29, 0.717) is 12.5 Å². The lowest BCUT2D eigenvalue weighted by atomic mass is 9.82. The number of carbonyl (C=O) groups excluding carboxylic acids is 1. The van der Waals surface area contributed by atoms with Crippen molar-refractivity contribution in [3.63, 3.8) is 0 Å². The van der Waals surface area contributed by atoms with Crippen LogP contribution in [0.4, 0.5) is 0 Å². The van der Waals surface area contributed by atoms with E-state index in [1.807, 2.05) is 0 Å². The molecule has 0 aromatic rings. The maximum atomic E-state index is 11.5. The lowest BCUT2D eigenvalue weighted by molar-refractivity contribution is -0.123.